The monoisotopic (exact) mass is 488 g/mol. The smallest absolute Gasteiger partial charge is 0.295 e. The van der Waals surface area contributed by atoms with Gasteiger partial charge in [-0.15, -0.1) is 11.3 Å². The zero-order chi connectivity index (χ0) is 24.2. The van der Waals surface area contributed by atoms with E-state index in [1.165, 1.54) is 40.8 Å². The molecule has 3 heterocycles. The number of halogens is 1. The Balaban J connectivity index is 1.48. The number of benzene rings is 2. The van der Waals surface area contributed by atoms with Crippen LogP contribution in [0.15, 0.2) is 87.8 Å². The third-order valence-corrected chi connectivity index (χ3v) is 5.96. The van der Waals surface area contributed by atoms with Crippen LogP contribution < -0.4 is 10.7 Å². The second-order valence-electron chi connectivity index (χ2n) is 7.42. The molecule has 0 fully saturated rings. The number of hydrogen-bond acceptors (Lipinski definition) is 8. The highest BCUT2D eigenvalue weighted by Crippen LogP contribution is 2.29. The number of hydrogen-bond donors (Lipinski definition) is 0. The van der Waals surface area contributed by atoms with Gasteiger partial charge in [-0.3, -0.25) is 14.2 Å². The van der Waals surface area contributed by atoms with Crippen molar-refractivity contribution >= 4 is 22.4 Å². The van der Waals surface area contributed by atoms with E-state index in [0.29, 0.717) is 10.8 Å². The molecule has 174 valence electrons. The number of carbonyl (C=O) groups excluding carboxylic acids is 1. The maximum Gasteiger partial charge on any atom is 0.442 e. The van der Waals surface area contributed by atoms with Gasteiger partial charge in [-0.05, 0) is 35.9 Å². The molecule has 0 N–H and O–H groups in total. The van der Waals surface area contributed by atoms with Crippen LogP contribution in [0.1, 0.15) is 5.56 Å². The summed E-state index contributed by atoms with van der Waals surface area (Å²) in [4.78, 5) is 40.1. The van der Waals surface area contributed by atoms with Gasteiger partial charge in [0.2, 0.25) is 11.7 Å². The number of rotatable bonds is 7. The van der Waals surface area contributed by atoms with Crippen molar-refractivity contribution in [2.45, 2.75) is 13.1 Å². The van der Waals surface area contributed by atoms with E-state index in [1.54, 1.807) is 23.6 Å². The summed E-state index contributed by atoms with van der Waals surface area (Å²) in [6.07, 6.45) is 3.00. The van der Waals surface area contributed by atoms with Gasteiger partial charge in [0.05, 0.1) is 12.2 Å². The summed E-state index contributed by atoms with van der Waals surface area (Å²) in [7, 11) is 0. The third-order valence-electron chi connectivity index (χ3n) is 5.09. The van der Waals surface area contributed by atoms with Crippen molar-refractivity contribution in [3.63, 3.8) is 0 Å². The van der Waals surface area contributed by atoms with Gasteiger partial charge >= 0.3 is 5.76 Å². The van der Waals surface area contributed by atoms with Crippen LogP contribution in [0.4, 0.5) is 9.52 Å². The van der Waals surface area contributed by atoms with Gasteiger partial charge in [0, 0.05) is 23.3 Å². The van der Waals surface area contributed by atoms with Crippen LogP contribution in [-0.2, 0) is 17.9 Å². The highest BCUT2D eigenvalue weighted by Gasteiger charge is 2.24. The van der Waals surface area contributed by atoms with E-state index in [0.717, 1.165) is 15.7 Å². The van der Waals surface area contributed by atoms with Gasteiger partial charge in [0.1, 0.15) is 12.4 Å². The van der Waals surface area contributed by atoms with Gasteiger partial charge in [0.15, 0.2) is 11.0 Å². The lowest BCUT2D eigenvalue weighted by Gasteiger charge is -2.20. The number of carbonyl (C=O) groups is 1. The lowest BCUT2D eigenvalue weighted by molar-refractivity contribution is -0.119. The van der Waals surface area contributed by atoms with E-state index >= 15 is 0 Å². The maximum atomic E-state index is 13.5. The molecule has 11 heteroatoms. The summed E-state index contributed by atoms with van der Waals surface area (Å²) in [5.41, 5.74) is 2.21. The van der Waals surface area contributed by atoms with Crippen molar-refractivity contribution < 1.29 is 13.7 Å². The Labute approximate surface area is 202 Å². The second-order valence-corrected chi connectivity index (χ2v) is 8.25. The number of nitrogens with zero attached hydrogens (tertiary/aromatic N) is 6. The fourth-order valence-corrected chi connectivity index (χ4v) is 4.22. The van der Waals surface area contributed by atoms with Crippen LogP contribution >= 0.6 is 11.3 Å². The van der Waals surface area contributed by atoms with Gasteiger partial charge < -0.3 is 0 Å². The molecular weight excluding hydrogens is 471 g/mol. The van der Waals surface area contributed by atoms with Crippen molar-refractivity contribution in [3.05, 3.63) is 100 Å². The van der Waals surface area contributed by atoms with E-state index in [1.807, 2.05) is 30.3 Å². The zero-order valence-corrected chi connectivity index (χ0v) is 18.9. The first-order valence-corrected chi connectivity index (χ1v) is 11.4. The Bertz CT molecular complexity index is 1500. The minimum absolute atomic E-state index is 0.0507. The molecular formula is C24H17FN6O3S. The Morgan fingerprint density at radius 1 is 1.03 bits per heavy atom. The molecule has 0 aliphatic rings. The molecule has 0 spiro atoms. The van der Waals surface area contributed by atoms with Crippen molar-refractivity contribution in [1.82, 2.24) is 24.7 Å². The molecule has 0 aliphatic carbocycles. The molecule has 1 amide bonds. The highest BCUT2D eigenvalue weighted by atomic mass is 32.1. The zero-order valence-electron chi connectivity index (χ0n) is 18.1. The normalized spacial score (nSPS) is 10.9. The number of thiazole rings is 1. The van der Waals surface area contributed by atoms with Crippen molar-refractivity contribution in [2.75, 3.05) is 4.90 Å². The molecule has 0 saturated carbocycles. The number of anilines is 1. The minimum Gasteiger partial charge on any atom is -0.295 e. The molecule has 0 unspecified atom stereocenters. The quantitative estimate of drug-likeness (QED) is 0.343. The lowest BCUT2D eigenvalue weighted by atomic mass is 10.2. The molecule has 3 aromatic heterocycles. The van der Waals surface area contributed by atoms with Crippen molar-refractivity contribution in [3.8, 4) is 22.9 Å². The van der Waals surface area contributed by atoms with Crippen molar-refractivity contribution in [2.24, 2.45) is 0 Å². The summed E-state index contributed by atoms with van der Waals surface area (Å²) in [6, 6.07) is 17.0. The van der Waals surface area contributed by atoms with Crippen LogP contribution in [0.3, 0.4) is 0 Å². The molecule has 0 radical (unpaired) electrons. The van der Waals surface area contributed by atoms with Gasteiger partial charge in [-0.25, -0.2) is 28.7 Å². The average Bonchev–Trinajstić information content (AvgIpc) is 3.51. The van der Waals surface area contributed by atoms with Crippen LogP contribution in [0.5, 0.6) is 0 Å². The van der Waals surface area contributed by atoms with Crippen LogP contribution in [-0.4, -0.2) is 30.6 Å². The van der Waals surface area contributed by atoms with E-state index in [2.05, 4.69) is 20.1 Å². The molecule has 0 saturated heterocycles. The lowest BCUT2D eigenvalue weighted by Crippen LogP contribution is -2.35. The Morgan fingerprint density at radius 3 is 2.51 bits per heavy atom. The van der Waals surface area contributed by atoms with Crippen molar-refractivity contribution in [1.29, 1.82) is 0 Å². The average molecular weight is 489 g/mol. The van der Waals surface area contributed by atoms with Crippen LogP contribution in [0.2, 0.25) is 0 Å². The first kappa shape index (κ1) is 22.3. The summed E-state index contributed by atoms with van der Waals surface area (Å²) in [6.45, 7) is -0.124. The van der Waals surface area contributed by atoms with E-state index in [9.17, 15) is 14.0 Å². The molecule has 35 heavy (non-hydrogen) atoms. The van der Waals surface area contributed by atoms with Gasteiger partial charge in [-0.2, -0.15) is 0 Å². The molecule has 0 bridgehead atoms. The molecule has 0 aliphatic heterocycles. The predicted octanol–water partition coefficient (Wildman–Crippen LogP) is 3.79. The first-order valence-electron chi connectivity index (χ1n) is 10.5. The van der Waals surface area contributed by atoms with Crippen LogP contribution in [0, 0.1) is 5.82 Å². The first-order chi connectivity index (χ1) is 17.1. The van der Waals surface area contributed by atoms with E-state index < -0.39 is 11.7 Å². The summed E-state index contributed by atoms with van der Waals surface area (Å²) < 4.78 is 19.2. The Hall–Kier alpha value is -4.51. The highest BCUT2D eigenvalue weighted by molar-refractivity contribution is 7.14. The van der Waals surface area contributed by atoms with E-state index in [-0.39, 0.29) is 30.6 Å². The molecule has 5 rings (SSSR count). The third kappa shape index (κ3) is 4.89. The maximum absolute atomic E-state index is 13.5. The summed E-state index contributed by atoms with van der Waals surface area (Å²) in [5.74, 6) is -1.34. The molecule has 5 aromatic rings. The minimum atomic E-state index is -0.799. The number of aromatic nitrogens is 5. The molecule has 9 nitrogen and oxygen atoms in total. The van der Waals surface area contributed by atoms with Gasteiger partial charge in [0.25, 0.3) is 0 Å². The largest absolute Gasteiger partial charge is 0.442 e. The Morgan fingerprint density at radius 2 is 1.77 bits per heavy atom. The summed E-state index contributed by atoms with van der Waals surface area (Å²) in [5, 5.41) is 5.97. The number of amides is 1. The topological polar surface area (TPSA) is 107 Å². The van der Waals surface area contributed by atoms with Gasteiger partial charge in [-0.1, -0.05) is 35.5 Å². The van der Waals surface area contributed by atoms with E-state index in [4.69, 9.17) is 4.52 Å². The predicted molar refractivity (Wildman–Crippen MR) is 127 cm³/mol. The standard InChI is InChI=1S/C24H17FN6O3S/c25-18-9-7-17(8-10-18)19-15-35-23(28-19)30(13-16-5-2-1-3-6-16)20(32)14-31-22(29-34-24(31)33)21-26-11-4-12-27-21/h1-12,15H,13-14H2. The SMILES string of the molecule is O=C(Cn1c(-c2ncccn2)noc1=O)N(Cc1ccccc1)c1nc(-c2ccc(F)cc2)cs1. The fourth-order valence-electron chi connectivity index (χ4n) is 3.37. The van der Waals surface area contributed by atoms with Crippen LogP contribution in [0.25, 0.3) is 22.9 Å². The summed E-state index contributed by atoms with van der Waals surface area (Å²) >= 11 is 1.27. The molecule has 0 atom stereocenters. The Kier molecular flexibility index (Phi) is 6.22. The fraction of sp³-hybridized carbons (Fsp3) is 0.0833. The molecule has 2 aromatic carbocycles. The second kappa shape index (κ2) is 9.77.